The van der Waals surface area contributed by atoms with Gasteiger partial charge in [0.15, 0.2) is 35.2 Å². The standard InChI is InChI=1S/C65H81N13O15/c1-36(79)27-38-14-20-54(90-2)43(28-38)58(84)75-47(9-6-24-72-63(66)67)51(81)33-39-15-21-55(91-3)44(29-39)59(85)76-48(10-7-25-73-64(68)69)52(82)34-40-16-22-56(92-4)45(30-40)60(86)77-49(11-8-26-74-65(70)71)53(83)35-41-17-23-57(93-5)46(31-41)61(87)78-50(62(88)89)32-37-12-18-42(80)19-13-37/h12-23,28-31,47-50,80H,6-11,24-27,32-35H2,1-5H3,(H,75,84)(H,76,85)(H,77,86)(H,78,87)(H,88,89)(H4,66,67,72)(H4,68,69,73)(H4,70,71,74)/t47-,48-,49-,50+/m1/s1. The van der Waals surface area contributed by atoms with E-state index in [0.717, 1.165) is 0 Å². The molecule has 5 aromatic rings. The normalized spacial score (nSPS) is 12.0. The minimum absolute atomic E-state index is 0.0234. The van der Waals surface area contributed by atoms with Crippen LogP contribution in [0.4, 0.5) is 0 Å². The molecule has 5 aromatic carbocycles. The van der Waals surface area contributed by atoms with Crippen molar-refractivity contribution in [2.45, 2.75) is 102 Å². The molecule has 28 nitrogen and oxygen atoms in total. The number of ether oxygens (including phenoxy) is 4. The monoisotopic (exact) mass is 1280 g/mol. The number of aromatic hydroxyl groups is 1. The molecule has 0 radical (unpaired) electrons. The number of carbonyl (C=O) groups excluding carboxylic acids is 8. The molecular weight excluding hydrogens is 1200 g/mol. The van der Waals surface area contributed by atoms with E-state index in [1.807, 2.05) is 0 Å². The van der Waals surface area contributed by atoms with Gasteiger partial charge in [0.1, 0.15) is 40.6 Å². The van der Waals surface area contributed by atoms with E-state index in [4.69, 9.17) is 53.3 Å². The van der Waals surface area contributed by atoms with Crippen LogP contribution in [0.2, 0.25) is 0 Å². The van der Waals surface area contributed by atoms with Crippen LogP contribution in [0.1, 0.15) is 115 Å². The SMILES string of the molecule is COc1ccc(CC(=O)[C@@H](CCCN=C(N)N)NC(=O)c2cc(CC(=O)[C@@H](CCCN=C(N)N)NC(=O)c3cc(CC(=O)[C@@H](CCCN=C(N)N)NC(=O)c4cc(CC(C)=O)ccc4OC)ccc3OC)ccc2OC)cc1C(=O)N[C@@H](Cc1ccc(O)cc1)C(=O)O. The minimum Gasteiger partial charge on any atom is -0.508 e. The molecule has 0 spiro atoms. The van der Waals surface area contributed by atoms with Crippen LogP contribution in [0.25, 0.3) is 0 Å². The lowest BCUT2D eigenvalue weighted by atomic mass is 9.96. The summed E-state index contributed by atoms with van der Waals surface area (Å²) in [7, 11) is 5.36. The summed E-state index contributed by atoms with van der Waals surface area (Å²) < 4.78 is 22.0. The number of carboxylic acids is 1. The van der Waals surface area contributed by atoms with Crippen molar-refractivity contribution in [3.05, 3.63) is 147 Å². The number of guanidine groups is 3. The van der Waals surface area contributed by atoms with Crippen molar-refractivity contribution in [1.29, 1.82) is 0 Å². The number of carbonyl (C=O) groups is 9. The van der Waals surface area contributed by atoms with Gasteiger partial charge in [0.25, 0.3) is 23.6 Å². The number of hydrogen-bond acceptors (Lipinski definition) is 17. The number of nitrogens with one attached hydrogen (secondary N) is 4. The third-order valence-corrected chi connectivity index (χ3v) is 14.5. The topological polar surface area (TPSA) is 472 Å². The molecule has 18 N–H and O–H groups in total. The Kier molecular flexibility index (Phi) is 28.1. The Morgan fingerprint density at radius 2 is 0.677 bits per heavy atom. The summed E-state index contributed by atoms with van der Waals surface area (Å²) >= 11 is 0. The molecule has 0 aliphatic rings. The molecule has 28 heteroatoms. The number of hydrogen-bond donors (Lipinski definition) is 12. The average Bonchev–Trinajstić information content (AvgIpc) is 0.877. The lowest BCUT2D eigenvalue weighted by molar-refractivity contribution is -0.139. The molecule has 4 atom stereocenters. The smallest absolute Gasteiger partial charge is 0.326 e. The van der Waals surface area contributed by atoms with Gasteiger partial charge in [-0.1, -0.05) is 36.4 Å². The Morgan fingerprint density at radius 1 is 0.409 bits per heavy atom. The second-order valence-electron chi connectivity index (χ2n) is 21.6. The Morgan fingerprint density at radius 3 is 0.935 bits per heavy atom. The summed E-state index contributed by atoms with van der Waals surface area (Å²) in [5.74, 6) is -5.99. The fourth-order valence-electron chi connectivity index (χ4n) is 9.89. The van der Waals surface area contributed by atoms with Gasteiger partial charge in [0.2, 0.25) is 0 Å². The summed E-state index contributed by atoms with van der Waals surface area (Å²) in [6.45, 7) is 1.75. The zero-order valence-electron chi connectivity index (χ0n) is 52.5. The van der Waals surface area contributed by atoms with Gasteiger partial charge in [-0.3, -0.25) is 53.3 Å². The highest BCUT2D eigenvalue weighted by molar-refractivity contribution is 6.04. The third-order valence-electron chi connectivity index (χ3n) is 14.5. The number of aliphatic carboxylic acids is 1. The molecule has 0 saturated carbocycles. The maximum atomic E-state index is 14.5. The molecule has 4 amide bonds. The number of benzene rings is 5. The van der Waals surface area contributed by atoms with Crippen LogP contribution in [0.3, 0.4) is 0 Å². The molecule has 93 heavy (non-hydrogen) atoms. The van der Waals surface area contributed by atoms with Crippen LogP contribution < -0.4 is 74.6 Å². The molecule has 496 valence electrons. The number of rotatable bonds is 38. The maximum Gasteiger partial charge on any atom is 0.326 e. The summed E-state index contributed by atoms with van der Waals surface area (Å²) in [6, 6.07) is 19.0. The summed E-state index contributed by atoms with van der Waals surface area (Å²) in [6.07, 6.45) is -0.118. The highest BCUT2D eigenvalue weighted by Crippen LogP contribution is 2.27. The van der Waals surface area contributed by atoms with E-state index in [9.17, 15) is 53.4 Å². The van der Waals surface area contributed by atoms with Gasteiger partial charge in [-0.05, 0) is 134 Å². The van der Waals surface area contributed by atoms with E-state index in [1.165, 1.54) is 108 Å². The summed E-state index contributed by atoms with van der Waals surface area (Å²) in [5.41, 5.74) is 35.4. The quantitative estimate of drug-likeness (QED) is 0.0152. The predicted octanol–water partition coefficient (Wildman–Crippen LogP) is 1.88. The largest absolute Gasteiger partial charge is 0.508 e. The first-order chi connectivity index (χ1) is 44.3. The number of Topliss-reactive ketones (excluding diaryl/α,β-unsaturated/α-hetero) is 4. The Bertz CT molecular complexity index is 3600. The first kappa shape index (κ1) is 72.7. The second kappa shape index (κ2) is 36.0. The van der Waals surface area contributed by atoms with E-state index in [2.05, 4.69) is 36.2 Å². The number of carboxylic acid groups (broad SMARTS) is 1. The van der Waals surface area contributed by atoms with Crippen LogP contribution in [0.15, 0.2) is 112 Å². The van der Waals surface area contributed by atoms with Gasteiger partial charge in [0.05, 0.1) is 68.8 Å². The minimum atomic E-state index is -1.39. The lowest BCUT2D eigenvalue weighted by Crippen LogP contribution is -2.43. The van der Waals surface area contributed by atoms with Crippen molar-refractivity contribution in [1.82, 2.24) is 21.3 Å². The maximum absolute atomic E-state index is 14.5. The number of nitrogens with zero attached hydrogens (tertiary/aromatic N) is 3. The van der Waals surface area contributed by atoms with Crippen molar-refractivity contribution in [2.75, 3.05) is 48.1 Å². The molecule has 0 saturated heterocycles. The lowest BCUT2D eigenvalue weighted by Gasteiger charge is -2.21. The average molecular weight is 1280 g/mol. The highest BCUT2D eigenvalue weighted by atomic mass is 16.5. The van der Waals surface area contributed by atoms with E-state index >= 15 is 0 Å². The van der Waals surface area contributed by atoms with Gasteiger partial charge < -0.3 is 84.8 Å². The zero-order valence-corrected chi connectivity index (χ0v) is 52.5. The highest BCUT2D eigenvalue weighted by Gasteiger charge is 2.30. The molecular formula is C65H81N13O15. The fraction of sp³-hybridized carbons (Fsp3) is 0.354. The molecule has 0 aliphatic carbocycles. The van der Waals surface area contributed by atoms with Gasteiger partial charge in [0, 0.05) is 51.7 Å². The number of amides is 4. The Hall–Kier alpha value is -11.1. The molecule has 0 fully saturated rings. The molecule has 5 rings (SSSR count). The van der Waals surface area contributed by atoms with E-state index in [0.29, 0.717) is 27.8 Å². The number of aliphatic imine (C=N–C) groups is 3. The molecule has 0 heterocycles. The summed E-state index contributed by atoms with van der Waals surface area (Å²) in [5, 5.41) is 30.6. The predicted molar refractivity (Wildman–Crippen MR) is 347 cm³/mol. The van der Waals surface area contributed by atoms with Crippen LogP contribution in [0, 0.1) is 0 Å². The van der Waals surface area contributed by atoms with Crippen LogP contribution in [-0.4, -0.2) is 153 Å². The van der Waals surface area contributed by atoms with Gasteiger partial charge in [-0.15, -0.1) is 0 Å². The van der Waals surface area contributed by atoms with Crippen LogP contribution in [0.5, 0.6) is 28.7 Å². The van der Waals surface area contributed by atoms with E-state index in [-0.39, 0.29) is 165 Å². The van der Waals surface area contributed by atoms with Gasteiger partial charge in [-0.25, -0.2) is 4.79 Å². The van der Waals surface area contributed by atoms with Gasteiger partial charge in [-0.2, -0.15) is 0 Å². The van der Waals surface area contributed by atoms with E-state index in [1.54, 1.807) is 24.3 Å². The zero-order chi connectivity index (χ0) is 68.3. The third kappa shape index (κ3) is 23.0. The van der Waals surface area contributed by atoms with Crippen molar-refractivity contribution in [3.8, 4) is 28.7 Å². The Labute approximate surface area is 537 Å². The molecule has 0 aliphatic heterocycles. The van der Waals surface area contributed by atoms with Crippen LogP contribution >= 0.6 is 0 Å². The second-order valence-corrected chi connectivity index (χ2v) is 21.6. The van der Waals surface area contributed by atoms with Gasteiger partial charge >= 0.3 is 5.97 Å². The summed E-state index contributed by atoms with van der Waals surface area (Å²) in [4.78, 5) is 136. The van der Waals surface area contributed by atoms with Crippen molar-refractivity contribution < 1.29 is 72.3 Å². The van der Waals surface area contributed by atoms with Crippen molar-refractivity contribution in [3.63, 3.8) is 0 Å². The number of methoxy groups -OCH3 is 4. The molecule has 0 aromatic heterocycles. The number of phenolic OH excluding ortho intramolecular Hbond substituents is 1. The van der Waals surface area contributed by atoms with Crippen molar-refractivity contribution >= 4 is 70.6 Å². The fourth-order valence-corrected chi connectivity index (χ4v) is 9.89. The number of nitrogens with two attached hydrogens (primary N) is 6. The van der Waals surface area contributed by atoms with Crippen LogP contribution in [-0.2, 0) is 56.1 Å². The number of phenols is 1. The Balaban J connectivity index is 1.38. The first-order valence-electron chi connectivity index (χ1n) is 29.5. The van der Waals surface area contributed by atoms with Crippen molar-refractivity contribution in [2.24, 2.45) is 49.4 Å². The number of ketones is 4. The molecule has 0 unspecified atom stereocenters. The van der Waals surface area contributed by atoms with E-state index < -0.39 is 71.1 Å². The molecule has 0 bridgehead atoms. The first-order valence-corrected chi connectivity index (χ1v) is 29.5.